The molecule has 0 bridgehead atoms. The molecule has 1 heterocycles. The van der Waals surface area contributed by atoms with E-state index in [9.17, 15) is 14.7 Å². The molecule has 1 aromatic rings. The molecular formula is C15H18O3S. The highest BCUT2D eigenvalue weighted by Gasteiger charge is 2.36. The first-order chi connectivity index (χ1) is 9.03. The van der Waals surface area contributed by atoms with Crippen LogP contribution in [0.4, 0.5) is 0 Å². The van der Waals surface area contributed by atoms with Gasteiger partial charge in [-0.05, 0) is 36.8 Å². The average molecular weight is 278 g/mol. The van der Waals surface area contributed by atoms with Crippen LogP contribution in [0.15, 0.2) is 24.3 Å². The minimum Gasteiger partial charge on any atom is -0.481 e. The zero-order valence-electron chi connectivity index (χ0n) is 11.0. The van der Waals surface area contributed by atoms with Crippen LogP contribution in [0.3, 0.4) is 0 Å². The number of aliphatic carboxylic acids is 1. The third-order valence-corrected chi connectivity index (χ3v) is 4.83. The second-order valence-corrected chi connectivity index (χ2v) is 6.32. The molecule has 0 atom stereocenters. The van der Waals surface area contributed by atoms with Crippen LogP contribution in [0.5, 0.6) is 0 Å². The second-order valence-electron chi connectivity index (χ2n) is 5.10. The molecule has 1 aliphatic heterocycles. The largest absolute Gasteiger partial charge is 0.481 e. The molecule has 0 spiro atoms. The number of carbonyl (C=O) groups excluding carboxylic acids is 1. The van der Waals surface area contributed by atoms with Crippen molar-refractivity contribution >= 4 is 23.5 Å². The molecule has 0 aromatic heterocycles. The summed E-state index contributed by atoms with van der Waals surface area (Å²) >= 11 is 1.88. The van der Waals surface area contributed by atoms with Crippen molar-refractivity contribution in [3.8, 4) is 0 Å². The lowest BCUT2D eigenvalue weighted by Crippen LogP contribution is -2.33. The number of benzene rings is 1. The molecule has 102 valence electrons. The van der Waals surface area contributed by atoms with Crippen LogP contribution in [0.2, 0.25) is 0 Å². The molecule has 0 amide bonds. The predicted molar refractivity (Wildman–Crippen MR) is 76.9 cm³/mol. The monoisotopic (exact) mass is 278 g/mol. The lowest BCUT2D eigenvalue weighted by molar-refractivity contribution is -0.138. The van der Waals surface area contributed by atoms with E-state index < -0.39 is 5.97 Å². The Labute approximate surface area is 117 Å². The summed E-state index contributed by atoms with van der Waals surface area (Å²) in [6.07, 6.45) is 1.96. The molecule has 4 heteroatoms. The molecule has 19 heavy (non-hydrogen) atoms. The zero-order valence-corrected chi connectivity index (χ0v) is 11.8. The summed E-state index contributed by atoms with van der Waals surface area (Å²) in [5.41, 5.74) is 1.48. The molecular weight excluding hydrogens is 260 g/mol. The van der Waals surface area contributed by atoms with Crippen molar-refractivity contribution < 1.29 is 14.7 Å². The summed E-state index contributed by atoms with van der Waals surface area (Å²) in [5.74, 6) is 1.30. The van der Waals surface area contributed by atoms with E-state index in [4.69, 9.17) is 0 Å². The average Bonchev–Trinajstić information content (AvgIpc) is 2.39. The molecule has 0 aliphatic carbocycles. The maximum Gasteiger partial charge on any atom is 0.304 e. The van der Waals surface area contributed by atoms with Crippen LogP contribution in [-0.2, 0) is 10.2 Å². The zero-order chi connectivity index (χ0) is 13.9. The van der Waals surface area contributed by atoms with Crippen molar-refractivity contribution in [3.63, 3.8) is 0 Å². The fraction of sp³-hybridized carbons (Fsp3) is 0.467. The van der Waals surface area contributed by atoms with E-state index in [2.05, 4.69) is 0 Å². The van der Waals surface area contributed by atoms with E-state index in [-0.39, 0.29) is 17.6 Å². The normalized spacial score (nSPS) is 17.9. The van der Waals surface area contributed by atoms with Gasteiger partial charge >= 0.3 is 5.97 Å². The molecule has 1 N–H and O–H groups in total. The highest BCUT2D eigenvalue weighted by Crippen LogP contribution is 2.41. The van der Waals surface area contributed by atoms with Crippen molar-refractivity contribution in [2.75, 3.05) is 11.5 Å². The Morgan fingerprint density at radius 2 is 1.79 bits per heavy atom. The summed E-state index contributed by atoms with van der Waals surface area (Å²) in [6, 6.07) is 7.47. The first-order valence-corrected chi connectivity index (χ1v) is 7.60. The molecule has 1 fully saturated rings. The molecule has 0 saturated carbocycles. The van der Waals surface area contributed by atoms with Gasteiger partial charge in [-0.2, -0.15) is 11.8 Å². The van der Waals surface area contributed by atoms with E-state index in [1.165, 1.54) is 0 Å². The van der Waals surface area contributed by atoms with Crippen LogP contribution in [0, 0.1) is 0 Å². The number of thioether (sulfide) groups is 1. The van der Waals surface area contributed by atoms with Crippen LogP contribution in [0.25, 0.3) is 0 Å². The van der Waals surface area contributed by atoms with Gasteiger partial charge < -0.3 is 5.11 Å². The van der Waals surface area contributed by atoms with E-state index in [1.807, 2.05) is 36.0 Å². The van der Waals surface area contributed by atoms with Crippen molar-refractivity contribution in [1.82, 2.24) is 0 Å². The van der Waals surface area contributed by atoms with Gasteiger partial charge in [0, 0.05) is 11.0 Å². The summed E-state index contributed by atoms with van der Waals surface area (Å²) in [7, 11) is 0. The number of ketones is 1. The molecule has 1 saturated heterocycles. The Hall–Kier alpha value is -1.29. The lowest BCUT2D eigenvalue weighted by atomic mass is 9.73. The number of carboxylic acids is 1. The lowest BCUT2D eigenvalue weighted by Gasteiger charge is -2.36. The molecule has 1 aliphatic rings. The molecule has 2 rings (SSSR count). The van der Waals surface area contributed by atoms with Crippen LogP contribution in [0.1, 0.15) is 42.1 Å². The Bertz CT molecular complexity index is 473. The standard InChI is InChI=1S/C15H18O3S/c1-11(16)12-2-4-13(5-3-12)15(10-14(17)18)6-8-19-9-7-15/h2-5H,6-10H2,1H3,(H,17,18). The third-order valence-electron chi connectivity index (χ3n) is 3.84. The summed E-state index contributed by atoms with van der Waals surface area (Å²) in [4.78, 5) is 22.5. The van der Waals surface area contributed by atoms with Gasteiger partial charge in [0.05, 0.1) is 6.42 Å². The van der Waals surface area contributed by atoms with E-state index in [0.29, 0.717) is 5.56 Å². The Balaban J connectivity index is 2.32. The van der Waals surface area contributed by atoms with Crippen LogP contribution in [-0.4, -0.2) is 28.4 Å². The first kappa shape index (κ1) is 14.1. The van der Waals surface area contributed by atoms with E-state index in [0.717, 1.165) is 29.9 Å². The topological polar surface area (TPSA) is 54.4 Å². The first-order valence-electron chi connectivity index (χ1n) is 6.44. The minimum absolute atomic E-state index is 0.0398. The van der Waals surface area contributed by atoms with E-state index >= 15 is 0 Å². The van der Waals surface area contributed by atoms with Crippen molar-refractivity contribution in [2.45, 2.75) is 31.6 Å². The van der Waals surface area contributed by atoms with Crippen molar-refractivity contribution in [2.24, 2.45) is 0 Å². The summed E-state index contributed by atoms with van der Waals surface area (Å²) < 4.78 is 0. The van der Waals surface area contributed by atoms with Gasteiger partial charge in [-0.3, -0.25) is 9.59 Å². The van der Waals surface area contributed by atoms with E-state index in [1.54, 1.807) is 6.92 Å². The van der Waals surface area contributed by atoms with Crippen LogP contribution >= 0.6 is 11.8 Å². The molecule has 3 nitrogen and oxygen atoms in total. The Kier molecular flexibility index (Phi) is 4.30. The number of hydrogen-bond acceptors (Lipinski definition) is 3. The van der Waals surface area contributed by atoms with Crippen molar-refractivity contribution in [3.05, 3.63) is 35.4 Å². The predicted octanol–water partition coefficient (Wildman–Crippen LogP) is 3.13. The fourth-order valence-corrected chi connectivity index (χ4v) is 3.95. The van der Waals surface area contributed by atoms with Gasteiger partial charge in [0.15, 0.2) is 5.78 Å². The third kappa shape index (κ3) is 3.18. The van der Waals surface area contributed by atoms with Gasteiger partial charge in [-0.15, -0.1) is 0 Å². The number of hydrogen-bond donors (Lipinski definition) is 1. The smallest absolute Gasteiger partial charge is 0.304 e. The maximum atomic E-state index is 11.3. The number of carboxylic acid groups (broad SMARTS) is 1. The van der Waals surface area contributed by atoms with Gasteiger partial charge in [0.25, 0.3) is 0 Å². The maximum absolute atomic E-state index is 11.3. The molecule has 0 unspecified atom stereocenters. The van der Waals surface area contributed by atoms with Crippen LogP contribution < -0.4 is 0 Å². The van der Waals surface area contributed by atoms with Gasteiger partial charge in [0.1, 0.15) is 0 Å². The molecule has 1 aromatic carbocycles. The molecule has 0 radical (unpaired) electrons. The SMILES string of the molecule is CC(=O)c1ccc(C2(CC(=O)O)CCSCC2)cc1. The number of Topliss-reactive ketones (excluding diaryl/α,β-unsaturated/α-hetero) is 1. The highest BCUT2D eigenvalue weighted by atomic mass is 32.2. The minimum atomic E-state index is -0.748. The Morgan fingerprint density at radius 1 is 1.21 bits per heavy atom. The van der Waals surface area contributed by atoms with Gasteiger partial charge in [-0.25, -0.2) is 0 Å². The highest BCUT2D eigenvalue weighted by molar-refractivity contribution is 7.99. The number of carbonyl (C=O) groups is 2. The summed E-state index contributed by atoms with van der Waals surface area (Å²) in [6.45, 7) is 1.54. The van der Waals surface area contributed by atoms with Gasteiger partial charge in [-0.1, -0.05) is 24.3 Å². The quantitative estimate of drug-likeness (QED) is 0.860. The number of rotatable bonds is 4. The second kappa shape index (κ2) is 5.78. The fourth-order valence-electron chi connectivity index (χ4n) is 2.68. The van der Waals surface area contributed by atoms with Crippen molar-refractivity contribution in [1.29, 1.82) is 0 Å². The van der Waals surface area contributed by atoms with Gasteiger partial charge in [0.2, 0.25) is 0 Å². The summed E-state index contributed by atoms with van der Waals surface area (Å²) in [5, 5.41) is 9.17. The Morgan fingerprint density at radius 3 is 2.26 bits per heavy atom.